The number of carbonyl (C=O) groups excluding carboxylic acids is 2. The van der Waals surface area contributed by atoms with Crippen LogP contribution < -0.4 is 5.32 Å². The number of esters is 1. The van der Waals surface area contributed by atoms with Crippen LogP contribution >= 0.6 is 0 Å². The SMILES string of the molecule is C[C@H](OC(=O)c1ccc(S(=O)(=O)N(C)C)cc1)C(=O)NC1CC1. The van der Waals surface area contributed by atoms with Crippen LogP contribution in [-0.4, -0.2) is 50.8 Å². The lowest BCUT2D eigenvalue weighted by molar-refractivity contribution is -0.129. The number of nitrogens with one attached hydrogen (secondary N) is 1. The van der Waals surface area contributed by atoms with Crippen molar-refractivity contribution >= 4 is 21.9 Å². The van der Waals surface area contributed by atoms with Crippen molar-refractivity contribution in [3.05, 3.63) is 29.8 Å². The van der Waals surface area contributed by atoms with Crippen LogP contribution in [0.4, 0.5) is 0 Å². The number of rotatable bonds is 6. The zero-order valence-electron chi connectivity index (χ0n) is 13.3. The molecule has 0 heterocycles. The zero-order chi connectivity index (χ0) is 17.2. The molecule has 8 heteroatoms. The summed E-state index contributed by atoms with van der Waals surface area (Å²) in [4.78, 5) is 23.8. The number of sulfonamides is 1. The van der Waals surface area contributed by atoms with Gasteiger partial charge in [0.15, 0.2) is 6.10 Å². The Balaban J connectivity index is 2.01. The van der Waals surface area contributed by atoms with Gasteiger partial charge in [-0.1, -0.05) is 0 Å². The third kappa shape index (κ3) is 4.29. The van der Waals surface area contributed by atoms with E-state index >= 15 is 0 Å². The number of hydrogen-bond donors (Lipinski definition) is 1. The fourth-order valence-corrected chi connectivity index (χ4v) is 2.70. The Morgan fingerprint density at radius 3 is 2.26 bits per heavy atom. The maximum absolute atomic E-state index is 12.0. The van der Waals surface area contributed by atoms with Crippen LogP contribution in [0.25, 0.3) is 0 Å². The Hall–Kier alpha value is -1.93. The number of nitrogens with zero attached hydrogens (tertiary/aromatic N) is 1. The zero-order valence-corrected chi connectivity index (χ0v) is 14.1. The summed E-state index contributed by atoms with van der Waals surface area (Å²) in [5.74, 6) is -0.995. The average Bonchev–Trinajstić information content (AvgIpc) is 3.31. The van der Waals surface area contributed by atoms with Crippen molar-refractivity contribution in [1.82, 2.24) is 9.62 Å². The Labute approximate surface area is 135 Å². The molecule has 1 aromatic carbocycles. The largest absolute Gasteiger partial charge is 0.449 e. The van der Waals surface area contributed by atoms with Crippen molar-refractivity contribution < 1.29 is 22.7 Å². The van der Waals surface area contributed by atoms with Crippen LogP contribution in [0.2, 0.25) is 0 Å². The molecule has 0 bridgehead atoms. The summed E-state index contributed by atoms with van der Waals surface area (Å²) in [5.41, 5.74) is 0.189. The first-order chi connectivity index (χ1) is 10.7. The summed E-state index contributed by atoms with van der Waals surface area (Å²) in [6, 6.07) is 5.59. The third-order valence-corrected chi connectivity index (χ3v) is 5.27. The number of ether oxygens (including phenoxy) is 1. The van der Waals surface area contributed by atoms with E-state index in [2.05, 4.69) is 5.32 Å². The highest BCUT2D eigenvalue weighted by Gasteiger charge is 2.27. The van der Waals surface area contributed by atoms with Crippen LogP contribution in [-0.2, 0) is 19.6 Å². The summed E-state index contributed by atoms with van der Waals surface area (Å²) < 4.78 is 30.1. The molecule has 0 spiro atoms. The summed E-state index contributed by atoms with van der Waals surface area (Å²) in [6.45, 7) is 1.50. The van der Waals surface area contributed by atoms with Gasteiger partial charge in [-0.15, -0.1) is 0 Å². The molecule has 1 N–H and O–H groups in total. The number of carbonyl (C=O) groups is 2. The van der Waals surface area contributed by atoms with Gasteiger partial charge in [0.2, 0.25) is 10.0 Å². The van der Waals surface area contributed by atoms with Crippen molar-refractivity contribution in [2.75, 3.05) is 14.1 Å². The number of amides is 1. The minimum atomic E-state index is -3.55. The van der Waals surface area contributed by atoms with Crippen LogP contribution in [0.15, 0.2) is 29.2 Å². The van der Waals surface area contributed by atoms with E-state index in [0.29, 0.717) is 0 Å². The van der Waals surface area contributed by atoms with Gasteiger partial charge in [0.25, 0.3) is 5.91 Å². The van der Waals surface area contributed by atoms with Gasteiger partial charge in [-0.2, -0.15) is 0 Å². The lowest BCUT2D eigenvalue weighted by Gasteiger charge is -2.14. The number of benzene rings is 1. The van der Waals surface area contributed by atoms with Gasteiger partial charge in [0.05, 0.1) is 10.5 Å². The fraction of sp³-hybridized carbons (Fsp3) is 0.467. The smallest absolute Gasteiger partial charge is 0.338 e. The molecule has 1 saturated carbocycles. The highest BCUT2D eigenvalue weighted by atomic mass is 32.2. The lowest BCUT2D eigenvalue weighted by Crippen LogP contribution is -2.37. The molecule has 126 valence electrons. The second-order valence-corrected chi connectivity index (χ2v) is 7.79. The third-order valence-electron chi connectivity index (χ3n) is 3.45. The molecule has 1 atom stereocenters. The van der Waals surface area contributed by atoms with Gasteiger partial charge in [-0.25, -0.2) is 17.5 Å². The molecular weight excluding hydrogens is 320 g/mol. The fourth-order valence-electron chi connectivity index (χ4n) is 1.80. The minimum Gasteiger partial charge on any atom is -0.449 e. The van der Waals surface area contributed by atoms with E-state index in [1.165, 1.54) is 45.3 Å². The molecule has 0 unspecified atom stereocenters. The first kappa shape index (κ1) is 17.4. The monoisotopic (exact) mass is 340 g/mol. The molecule has 1 fully saturated rings. The van der Waals surface area contributed by atoms with Crippen molar-refractivity contribution in [3.63, 3.8) is 0 Å². The minimum absolute atomic E-state index is 0.0820. The molecule has 1 aliphatic rings. The van der Waals surface area contributed by atoms with Crippen LogP contribution in [0.1, 0.15) is 30.1 Å². The second kappa shape index (κ2) is 6.67. The Morgan fingerprint density at radius 2 is 1.78 bits per heavy atom. The Morgan fingerprint density at radius 1 is 1.22 bits per heavy atom. The van der Waals surface area contributed by atoms with Crippen molar-refractivity contribution in [3.8, 4) is 0 Å². The van der Waals surface area contributed by atoms with E-state index in [-0.39, 0.29) is 22.4 Å². The van der Waals surface area contributed by atoms with Crippen molar-refractivity contribution in [2.24, 2.45) is 0 Å². The normalized spacial score (nSPS) is 16.0. The maximum Gasteiger partial charge on any atom is 0.338 e. The molecule has 0 radical (unpaired) electrons. The molecule has 1 amide bonds. The molecule has 7 nitrogen and oxygen atoms in total. The van der Waals surface area contributed by atoms with E-state index in [1.54, 1.807) is 0 Å². The average molecular weight is 340 g/mol. The first-order valence-corrected chi connectivity index (χ1v) is 8.70. The quantitative estimate of drug-likeness (QED) is 0.772. The highest BCUT2D eigenvalue weighted by Crippen LogP contribution is 2.19. The lowest BCUT2D eigenvalue weighted by atomic mass is 10.2. The van der Waals surface area contributed by atoms with Crippen molar-refractivity contribution in [1.29, 1.82) is 0 Å². The van der Waals surface area contributed by atoms with E-state index in [1.807, 2.05) is 0 Å². The molecule has 23 heavy (non-hydrogen) atoms. The van der Waals surface area contributed by atoms with Gasteiger partial charge in [0.1, 0.15) is 0 Å². The van der Waals surface area contributed by atoms with Gasteiger partial charge < -0.3 is 10.1 Å². The summed E-state index contributed by atoms with van der Waals surface area (Å²) in [5, 5.41) is 2.75. The first-order valence-electron chi connectivity index (χ1n) is 7.26. The summed E-state index contributed by atoms with van der Waals surface area (Å²) >= 11 is 0. The summed E-state index contributed by atoms with van der Waals surface area (Å²) in [7, 11) is -0.689. The topological polar surface area (TPSA) is 92.8 Å². The Bertz CT molecular complexity index is 693. The molecule has 0 aromatic heterocycles. The van der Waals surface area contributed by atoms with E-state index in [9.17, 15) is 18.0 Å². The molecule has 2 rings (SSSR count). The Kier molecular flexibility index (Phi) is 5.06. The van der Waals surface area contributed by atoms with Crippen LogP contribution in [0, 0.1) is 0 Å². The van der Waals surface area contributed by atoms with Crippen LogP contribution in [0.5, 0.6) is 0 Å². The van der Waals surface area contributed by atoms with Crippen molar-refractivity contribution in [2.45, 2.75) is 36.8 Å². The predicted octanol–water partition coefficient (Wildman–Crippen LogP) is 0.761. The van der Waals surface area contributed by atoms with E-state index < -0.39 is 22.1 Å². The number of hydrogen-bond acceptors (Lipinski definition) is 5. The molecular formula is C15H20N2O5S. The second-order valence-electron chi connectivity index (χ2n) is 5.64. The molecule has 1 aliphatic carbocycles. The van der Waals surface area contributed by atoms with Gasteiger partial charge in [-0.3, -0.25) is 4.79 Å². The van der Waals surface area contributed by atoms with E-state index in [4.69, 9.17) is 4.74 Å². The standard InChI is InChI=1S/C15H20N2O5S/c1-10(14(18)16-12-6-7-12)22-15(19)11-4-8-13(9-5-11)23(20,21)17(2)3/h4-5,8-10,12H,6-7H2,1-3H3,(H,16,18)/t10-/m0/s1. The molecule has 0 saturated heterocycles. The predicted molar refractivity (Wildman–Crippen MR) is 83.4 cm³/mol. The summed E-state index contributed by atoms with van der Waals surface area (Å²) in [6.07, 6.45) is 1.01. The van der Waals surface area contributed by atoms with Crippen LogP contribution in [0.3, 0.4) is 0 Å². The van der Waals surface area contributed by atoms with Gasteiger partial charge >= 0.3 is 5.97 Å². The molecule has 1 aromatic rings. The highest BCUT2D eigenvalue weighted by molar-refractivity contribution is 7.89. The van der Waals surface area contributed by atoms with Gasteiger partial charge in [0, 0.05) is 20.1 Å². The van der Waals surface area contributed by atoms with E-state index in [0.717, 1.165) is 17.1 Å². The maximum atomic E-state index is 12.0. The molecule has 0 aliphatic heterocycles. The van der Waals surface area contributed by atoms with Gasteiger partial charge in [-0.05, 0) is 44.0 Å².